The Morgan fingerprint density at radius 1 is 1.33 bits per heavy atom. The summed E-state index contributed by atoms with van der Waals surface area (Å²) in [6.45, 7) is 5.43. The Balaban J connectivity index is 3.23. The highest BCUT2D eigenvalue weighted by Gasteiger charge is 2.10. The molecular formula is C9H14NOP. The first-order valence-corrected chi connectivity index (χ1v) is 6.43. The van der Waals surface area contributed by atoms with Gasteiger partial charge in [0.15, 0.2) is 0 Å². The van der Waals surface area contributed by atoms with E-state index >= 15 is 0 Å². The van der Waals surface area contributed by atoms with E-state index in [1.54, 1.807) is 19.4 Å². The first-order chi connectivity index (χ1) is 5.41. The fraction of sp³-hybridized carbons (Fsp3) is 0.333. The van der Waals surface area contributed by atoms with Crippen molar-refractivity contribution >= 4 is 18.1 Å². The lowest BCUT2D eigenvalue weighted by molar-refractivity contribution is 0.588. The summed E-state index contributed by atoms with van der Waals surface area (Å²) in [7, 11) is -2.14. The van der Waals surface area contributed by atoms with Crippen molar-refractivity contribution in [2.45, 2.75) is 6.92 Å². The third-order valence-electron chi connectivity index (χ3n) is 1.88. The lowest BCUT2D eigenvalue weighted by Gasteiger charge is -2.08. The first-order valence-electron chi connectivity index (χ1n) is 3.83. The number of rotatable bonds is 1. The number of aryl methyl sites for hydroxylation is 1. The maximum atomic E-state index is 11.6. The second-order valence-corrected chi connectivity index (χ2v) is 6.61. The van der Waals surface area contributed by atoms with E-state index in [2.05, 4.69) is 0 Å². The minimum Gasteiger partial charge on any atom is -0.398 e. The number of hydrogen-bond acceptors (Lipinski definition) is 2. The molecule has 1 aromatic rings. The summed E-state index contributed by atoms with van der Waals surface area (Å²) in [6.07, 6.45) is 0. The Morgan fingerprint density at radius 3 is 2.33 bits per heavy atom. The molecule has 0 aliphatic carbocycles. The molecule has 0 bridgehead atoms. The van der Waals surface area contributed by atoms with Crippen LogP contribution in [0.2, 0.25) is 0 Å². The predicted molar refractivity (Wildman–Crippen MR) is 54.7 cm³/mol. The average molecular weight is 183 g/mol. The summed E-state index contributed by atoms with van der Waals surface area (Å²) in [5, 5.41) is 0.852. The van der Waals surface area contributed by atoms with Gasteiger partial charge in [0.05, 0.1) is 0 Å². The molecule has 0 aliphatic heterocycles. The van der Waals surface area contributed by atoms with E-state index in [1.807, 2.05) is 19.1 Å². The lowest BCUT2D eigenvalue weighted by Crippen LogP contribution is -2.04. The van der Waals surface area contributed by atoms with Gasteiger partial charge in [-0.25, -0.2) is 0 Å². The van der Waals surface area contributed by atoms with Gasteiger partial charge in [0.1, 0.15) is 7.14 Å². The monoisotopic (exact) mass is 183 g/mol. The van der Waals surface area contributed by atoms with E-state index in [9.17, 15) is 4.57 Å². The van der Waals surface area contributed by atoms with Crippen molar-refractivity contribution in [2.75, 3.05) is 19.1 Å². The van der Waals surface area contributed by atoms with E-state index in [0.717, 1.165) is 16.6 Å². The van der Waals surface area contributed by atoms with Crippen molar-refractivity contribution in [3.05, 3.63) is 23.8 Å². The van der Waals surface area contributed by atoms with Gasteiger partial charge in [0.2, 0.25) is 0 Å². The molecule has 0 atom stereocenters. The van der Waals surface area contributed by atoms with Gasteiger partial charge < -0.3 is 10.3 Å². The summed E-state index contributed by atoms with van der Waals surface area (Å²) in [6, 6.07) is 5.59. The zero-order chi connectivity index (χ0) is 9.35. The summed E-state index contributed by atoms with van der Waals surface area (Å²) in [5.74, 6) is 0. The second kappa shape index (κ2) is 2.95. The van der Waals surface area contributed by atoms with Crippen molar-refractivity contribution in [2.24, 2.45) is 0 Å². The zero-order valence-electron chi connectivity index (χ0n) is 7.66. The molecule has 3 heteroatoms. The third kappa shape index (κ3) is 1.89. The van der Waals surface area contributed by atoms with Gasteiger partial charge in [0, 0.05) is 11.0 Å². The Hall–Kier alpha value is -0.750. The van der Waals surface area contributed by atoms with Crippen LogP contribution in [0.3, 0.4) is 0 Å². The molecule has 1 rings (SSSR count). The topological polar surface area (TPSA) is 43.1 Å². The highest BCUT2D eigenvalue weighted by atomic mass is 31.2. The summed E-state index contributed by atoms with van der Waals surface area (Å²) in [5.41, 5.74) is 7.45. The molecule has 0 fully saturated rings. The zero-order valence-corrected chi connectivity index (χ0v) is 8.56. The highest BCUT2D eigenvalue weighted by molar-refractivity contribution is 7.70. The highest BCUT2D eigenvalue weighted by Crippen LogP contribution is 2.35. The molecule has 0 aromatic heterocycles. The molecule has 66 valence electrons. The molecule has 0 heterocycles. The standard InChI is InChI=1S/C9H14NOP/c1-7-4-5-8(6-9(7)10)12(2,3)11/h4-6H,10H2,1-3H3. The Morgan fingerprint density at radius 2 is 1.92 bits per heavy atom. The van der Waals surface area contributed by atoms with Crippen LogP contribution in [0.5, 0.6) is 0 Å². The minimum atomic E-state index is -2.14. The van der Waals surface area contributed by atoms with Crippen LogP contribution in [-0.4, -0.2) is 13.3 Å². The fourth-order valence-electron chi connectivity index (χ4n) is 0.963. The molecule has 12 heavy (non-hydrogen) atoms. The molecule has 0 amide bonds. The van der Waals surface area contributed by atoms with E-state index < -0.39 is 7.14 Å². The molecule has 0 saturated heterocycles. The van der Waals surface area contributed by atoms with Crippen LogP contribution in [0.4, 0.5) is 5.69 Å². The molecule has 0 saturated carbocycles. The maximum absolute atomic E-state index is 11.6. The van der Waals surface area contributed by atoms with Crippen molar-refractivity contribution in [1.82, 2.24) is 0 Å². The van der Waals surface area contributed by atoms with Gasteiger partial charge >= 0.3 is 0 Å². The predicted octanol–water partition coefficient (Wildman–Crippen LogP) is 1.83. The van der Waals surface area contributed by atoms with Crippen molar-refractivity contribution < 1.29 is 4.57 Å². The number of nitrogen functional groups attached to an aromatic ring is 1. The van der Waals surface area contributed by atoms with Crippen LogP contribution < -0.4 is 11.0 Å². The van der Waals surface area contributed by atoms with Crippen molar-refractivity contribution in [3.8, 4) is 0 Å². The van der Waals surface area contributed by atoms with Crippen LogP contribution in [0.15, 0.2) is 18.2 Å². The largest absolute Gasteiger partial charge is 0.398 e. The molecular weight excluding hydrogens is 169 g/mol. The summed E-state index contributed by atoms with van der Waals surface area (Å²) in [4.78, 5) is 0. The Labute approximate surface area is 73.2 Å². The van der Waals surface area contributed by atoms with E-state index in [0.29, 0.717) is 0 Å². The van der Waals surface area contributed by atoms with E-state index in [1.165, 1.54) is 0 Å². The summed E-state index contributed by atoms with van der Waals surface area (Å²) < 4.78 is 11.6. The van der Waals surface area contributed by atoms with Crippen LogP contribution >= 0.6 is 7.14 Å². The van der Waals surface area contributed by atoms with E-state index in [-0.39, 0.29) is 0 Å². The summed E-state index contributed by atoms with van der Waals surface area (Å²) >= 11 is 0. The molecule has 0 radical (unpaired) electrons. The molecule has 0 unspecified atom stereocenters. The van der Waals surface area contributed by atoms with Crippen molar-refractivity contribution in [1.29, 1.82) is 0 Å². The number of hydrogen-bond donors (Lipinski definition) is 1. The van der Waals surface area contributed by atoms with Gasteiger partial charge in [-0.1, -0.05) is 12.1 Å². The molecule has 0 aliphatic rings. The molecule has 1 aromatic carbocycles. The van der Waals surface area contributed by atoms with E-state index in [4.69, 9.17) is 5.73 Å². The van der Waals surface area contributed by atoms with Crippen LogP contribution in [0, 0.1) is 6.92 Å². The molecule has 2 N–H and O–H groups in total. The number of nitrogens with two attached hydrogens (primary N) is 1. The second-order valence-electron chi connectivity index (χ2n) is 3.39. The quantitative estimate of drug-likeness (QED) is 0.533. The smallest absolute Gasteiger partial charge is 0.109 e. The van der Waals surface area contributed by atoms with Gasteiger partial charge in [-0.3, -0.25) is 0 Å². The molecule has 0 spiro atoms. The Bertz CT molecular complexity index is 340. The minimum absolute atomic E-state index is 0.719. The Kier molecular flexibility index (Phi) is 2.29. The van der Waals surface area contributed by atoms with Gasteiger partial charge in [-0.2, -0.15) is 0 Å². The molecule has 2 nitrogen and oxygen atoms in total. The SMILES string of the molecule is Cc1ccc(P(C)(C)=O)cc1N. The van der Waals surface area contributed by atoms with Crippen LogP contribution in [0.25, 0.3) is 0 Å². The van der Waals surface area contributed by atoms with Gasteiger partial charge in [-0.15, -0.1) is 0 Å². The average Bonchev–Trinajstić information content (AvgIpc) is 1.92. The number of anilines is 1. The van der Waals surface area contributed by atoms with Crippen molar-refractivity contribution in [3.63, 3.8) is 0 Å². The lowest BCUT2D eigenvalue weighted by atomic mass is 10.2. The number of benzene rings is 1. The maximum Gasteiger partial charge on any atom is 0.109 e. The van der Waals surface area contributed by atoms with Crippen LogP contribution in [-0.2, 0) is 4.57 Å². The third-order valence-corrected chi connectivity index (χ3v) is 3.41. The van der Waals surface area contributed by atoms with Crippen LogP contribution in [0.1, 0.15) is 5.56 Å². The van der Waals surface area contributed by atoms with Gasteiger partial charge in [-0.05, 0) is 31.9 Å². The first kappa shape index (κ1) is 9.34. The van der Waals surface area contributed by atoms with Gasteiger partial charge in [0.25, 0.3) is 0 Å². The normalized spacial score (nSPS) is 11.6. The fourth-order valence-corrected chi connectivity index (χ4v) is 1.85.